The summed E-state index contributed by atoms with van der Waals surface area (Å²) in [7, 11) is 0. The molecular weight excluding hydrogens is 286 g/mol. The van der Waals surface area contributed by atoms with E-state index in [1.807, 2.05) is 0 Å². The van der Waals surface area contributed by atoms with Gasteiger partial charge in [-0.05, 0) is 0 Å². The van der Waals surface area contributed by atoms with Crippen molar-refractivity contribution in [3.8, 4) is 0 Å². The molecule has 2 atom stereocenters. The van der Waals surface area contributed by atoms with Gasteiger partial charge in [0.05, 0.1) is 19.3 Å². The summed E-state index contributed by atoms with van der Waals surface area (Å²) in [6.45, 7) is 1.58. The average molecular weight is 299 g/mol. The number of carboxylic acids is 1. The van der Waals surface area contributed by atoms with E-state index in [1.54, 1.807) is 0 Å². The first-order valence-corrected chi connectivity index (χ1v) is 6.70. The maximum absolute atomic E-state index is 11.9. The lowest BCUT2D eigenvalue weighted by Gasteiger charge is -2.14. The predicted octanol–water partition coefficient (Wildman–Crippen LogP) is -0.0691. The van der Waals surface area contributed by atoms with Crippen molar-refractivity contribution in [1.29, 1.82) is 0 Å². The Hall–Kier alpha value is -2.00. The highest BCUT2D eigenvalue weighted by atomic mass is 32.1. The van der Waals surface area contributed by atoms with E-state index in [4.69, 9.17) is 9.84 Å². The summed E-state index contributed by atoms with van der Waals surface area (Å²) in [4.78, 5) is 37.7. The van der Waals surface area contributed by atoms with Crippen molar-refractivity contribution >= 4 is 34.3 Å². The number of aromatic nitrogens is 1. The lowest BCUT2D eigenvalue weighted by Crippen LogP contribution is -2.42. The Labute approximate surface area is 118 Å². The normalized spacial score (nSPS) is 21.4. The first-order chi connectivity index (χ1) is 9.47. The van der Waals surface area contributed by atoms with Gasteiger partial charge in [-0.1, -0.05) is 0 Å². The molecule has 9 heteroatoms. The highest BCUT2D eigenvalue weighted by Gasteiger charge is 2.35. The third-order valence-electron chi connectivity index (χ3n) is 2.73. The van der Waals surface area contributed by atoms with E-state index >= 15 is 0 Å². The van der Waals surface area contributed by atoms with E-state index in [2.05, 4.69) is 15.6 Å². The van der Waals surface area contributed by atoms with Gasteiger partial charge < -0.3 is 20.5 Å². The molecule has 0 aromatic carbocycles. The number of ether oxygens (including phenoxy) is 1. The fourth-order valence-corrected chi connectivity index (χ4v) is 2.51. The van der Waals surface area contributed by atoms with Gasteiger partial charge in [0, 0.05) is 12.3 Å². The van der Waals surface area contributed by atoms with Crippen LogP contribution in [-0.2, 0) is 14.3 Å². The van der Waals surface area contributed by atoms with E-state index in [9.17, 15) is 14.4 Å². The number of nitrogens with one attached hydrogen (secondary N) is 2. The highest BCUT2D eigenvalue weighted by molar-refractivity contribution is 7.14. The Balaban J connectivity index is 1.99. The van der Waals surface area contributed by atoms with Crippen LogP contribution in [-0.4, -0.2) is 47.1 Å². The number of rotatable bonds is 4. The van der Waals surface area contributed by atoms with Gasteiger partial charge in [0.15, 0.2) is 5.13 Å². The summed E-state index contributed by atoms with van der Waals surface area (Å²) < 4.78 is 5.06. The van der Waals surface area contributed by atoms with Crippen LogP contribution in [0.3, 0.4) is 0 Å². The van der Waals surface area contributed by atoms with Crippen molar-refractivity contribution in [1.82, 2.24) is 10.3 Å². The third kappa shape index (κ3) is 3.31. The van der Waals surface area contributed by atoms with Crippen LogP contribution < -0.4 is 10.6 Å². The monoisotopic (exact) mass is 299 g/mol. The number of carbonyl (C=O) groups excluding carboxylic acids is 2. The molecule has 1 aromatic rings. The lowest BCUT2D eigenvalue weighted by atomic mass is 10.0. The van der Waals surface area contributed by atoms with Gasteiger partial charge in [0.25, 0.3) is 5.91 Å². The van der Waals surface area contributed by atoms with Crippen LogP contribution in [0.2, 0.25) is 0 Å². The van der Waals surface area contributed by atoms with Crippen molar-refractivity contribution in [3.05, 3.63) is 11.1 Å². The topological polar surface area (TPSA) is 118 Å². The summed E-state index contributed by atoms with van der Waals surface area (Å²) >= 11 is 1.12. The van der Waals surface area contributed by atoms with Crippen molar-refractivity contribution in [2.45, 2.75) is 13.0 Å². The van der Waals surface area contributed by atoms with Gasteiger partial charge in [0.1, 0.15) is 11.6 Å². The van der Waals surface area contributed by atoms with E-state index in [-0.39, 0.29) is 24.8 Å². The molecule has 1 aliphatic heterocycles. The zero-order valence-electron chi connectivity index (χ0n) is 10.6. The Morgan fingerprint density at radius 3 is 2.85 bits per heavy atom. The molecule has 0 saturated carbocycles. The van der Waals surface area contributed by atoms with Gasteiger partial charge in [-0.15, -0.1) is 11.3 Å². The Morgan fingerprint density at radius 2 is 2.20 bits per heavy atom. The fraction of sp³-hybridized carbons (Fsp3) is 0.455. The van der Waals surface area contributed by atoms with Gasteiger partial charge >= 0.3 is 5.97 Å². The predicted molar refractivity (Wildman–Crippen MR) is 69.6 cm³/mol. The van der Waals surface area contributed by atoms with E-state index in [0.717, 1.165) is 11.3 Å². The number of thiazole rings is 1. The zero-order chi connectivity index (χ0) is 14.7. The van der Waals surface area contributed by atoms with Gasteiger partial charge in [-0.2, -0.15) is 0 Å². The number of amides is 2. The molecule has 1 aromatic heterocycles. The van der Waals surface area contributed by atoms with Crippen LogP contribution in [0.15, 0.2) is 5.38 Å². The third-order valence-corrected chi connectivity index (χ3v) is 3.49. The summed E-state index contributed by atoms with van der Waals surface area (Å²) in [6.07, 6.45) is 0. The molecule has 1 fully saturated rings. The van der Waals surface area contributed by atoms with Crippen LogP contribution in [0.25, 0.3) is 0 Å². The fourth-order valence-electron chi connectivity index (χ4n) is 1.77. The molecule has 0 spiro atoms. The van der Waals surface area contributed by atoms with Crippen LogP contribution in [0.5, 0.6) is 0 Å². The van der Waals surface area contributed by atoms with E-state index < -0.39 is 23.8 Å². The van der Waals surface area contributed by atoms with Crippen molar-refractivity contribution in [2.24, 2.45) is 5.92 Å². The second-order valence-electron chi connectivity index (χ2n) is 4.28. The number of aliphatic carboxylic acids is 1. The maximum atomic E-state index is 11.9. The first-order valence-electron chi connectivity index (χ1n) is 5.82. The highest BCUT2D eigenvalue weighted by Crippen LogP contribution is 2.17. The summed E-state index contributed by atoms with van der Waals surface area (Å²) in [5.74, 6) is -2.53. The molecule has 1 aliphatic rings. The molecule has 0 bridgehead atoms. The second-order valence-corrected chi connectivity index (χ2v) is 5.14. The SMILES string of the molecule is CC(=O)Nc1nc(C(=O)NC2COCC2C(=O)O)cs1. The summed E-state index contributed by atoms with van der Waals surface area (Å²) in [5.41, 5.74) is 0.134. The maximum Gasteiger partial charge on any atom is 0.311 e. The number of carboxylic acid groups (broad SMARTS) is 1. The van der Waals surface area contributed by atoms with Gasteiger partial charge in [-0.25, -0.2) is 4.98 Å². The summed E-state index contributed by atoms with van der Waals surface area (Å²) in [6, 6.07) is -0.578. The Kier molecular flexibility index (Phi) is 4.30. The van der Waals surface area contributed by atoms with Crippen LogP contribution in [0, 0.1) is 5.92 Å². The molecule has 108 valence electrons. The standard InChI is InChI=1S/C11H13N3O5S/c1-5(15)12-11-14-8(4-20-11)9(16)13-7-3-19-2-6(7)10(17)18/h4,6-7H,2-3H2,1H3,(H,13,16)(H,17,18)(H,12,14,15). The Bertz CT molecular complexity index is 544. The smallest absolute Gasteiger partial charge is 0.311 e. The molecule has 3 N–H and O–H groups in total. The van der Waals surface area contributed by atoms with Gasteiger partial charge in [-0.3, -0.25) is 14.4 Å². The molecule has 2 rings (SSSR count). The molecule has 0 radical (unpaired) electrons. The quantitative estimate of drug-likeness (QED) is 0.716. The number of hydrogen-bond acceptors (Lipinski definition) is 6. The van der Waals surface area contributed by atoms with Crippen molar-refractivity contribution in [2.75, 3.05) is 18.5 Å². The summed E-state index contributed by atoms with van der Waals surface area (Å²) in [5, 5.41) is 15.8. The number of nitrogens with zero attached hydrogens (tertiary/aromatic N) is 1. The van der Waals surface area contributed by atoms with Gasteiger partial charge in [0.2, 0.25) is 5.91 Å². The molecule has 2 unspecified atom stereocenters. The molecule has 2 heterocycles. The minimum atomic E-state index is -1.01. The molecule has 1 saturated heterocycles. The molecule has 20 heavy (non-hydrogen) atoms. The first kappa shape index (κ1) is 14.4. The van der Waals surface area contributed by atoms with E-state index in [1.165, 1.54) is 12.3 Å². The van der Waals surface area contributed by atoms with Crippen molar-refractivity contribution < 1.29 is 24.2 Å². The second kappa shape index (κ2) is 5.97. The zero-order valence-corrected chi connectivity index (χ0v) is 11.4. The molecule has 8 nitrogen and oxygen atoms in total. The van der Waals surface area contributed by atoms with Crippen LogP contribution in [0.1, 0.15) is 17.4 Å². The number of hydrogen-bond donors (Lipinski definition) is 3. The van der Waals surface area contributed by atoms with E-state index in [0.29, 0.717) is 5.13 Å². The number of anilines is 1. The lowest BCUT2D eigenvalue weighted by molar-refractivity contribution is -0.142. The molecular formula is C11H13N3O5S. The largest absolute Gasteiger partial charge is 0.481 e. The molecule has 2 amide bonds. The number of carbonyl (C=O) groups is 3. The average Bonchev–Trinajstić information content (AvgIpc) is 2.97. The van der Waals surface area contributed by atoms with Crippen LogP contribution in [0.4, 0.5) is 5.13 Å². The molecule has 0 aliphatic carbocycles. The van der Waals surface area contributed by atoms with Crippen LogP contribution >= 0.6 is 11.3 Å². The minimum absolute atomic E-state index is 0.0779. The van der Waals surface area contributed by atoms with Crippen molar-refractivity contribution in [3.63, 3.8) is 0 Å². The Morgan fingerprint density at radius 1 is 1.45 bits per heavy atom. The minimum Gasteiger partial charge on any atom is -0.481 e.